The number of carbonyl (C=O) groups is 1. The summed E-state index contributed by atoms with van der Waals surface area (Å²) < 4.78 is 4.83. The second-order valence-electron chi connectivity index (χ2n) is 4.47. The van der Waals surface area contributed by atoms with Crippen molar-refractivity contribution in [2.75, 3.05) is 12.4 Å². The lowest BCUT2D eigenvalue weighted by atomic mass is 10.1. The van der Waals surface area contributed by atoms with Crippen LogP contribution in [0.2, 0.25) is 0 Å². The average molecular weight is 281 g/mol. The zero-order chi connectivity index (χ0) is 15.2. The summed E-state index contributed by atoms with van der Waals surface area (Å²) in [5.74, 6) is -0.0647. The molecule has 0 aliphatic rings. The lowest BCUT2D eigenvalue weighted by Crippen LogP contribution is -2.23. The molecule has 0 saturated heterocycles. The average Bonchev–Trinajstić information content (AvgIpc) is 2.53. The lowest BCUT2D eigenvalue weighted by molar-refractivity contribution is -0.141. The highest BCUT2D eigenvalue weighted by molar-refractivity contribution is 5.81. The molecule has 1 aromatic heterocycles. The van der Waals surface area contributed by atoms with E-state index in [0.29, 0.717) is 11.4 Å². The lowest BCUT2D eigenvalue weighted by Gasteiger charge is -2.18. The largest absolute Gasteiger partial charge is 0.467 e. The van der Waals surface area contributed by atoms with Crippen molar-refractivity contribution in [2.24, 2.45) is 0 Å². The van der Waals surface area contributed by atoms with E-state index in [-0.39, 0.29) is 0 Å². The van der Waals surface area contributed by atoms with Crippen molar-refractivity contribution in [3.05, 3.63) is 59.3 Å². The van der Waals surface area contributed by atoms with Crippen LogP contribution in [0.4, 0.5) is 5.82 Å². The maximum Gasteiger partial charge on any atom is 0.333 e. The number of hydrogen-bond donors (Lipinski definition) is 1. The molecule has 0 saturated carbocycles. The molecule has 2 rings (SSSR count). The maximum atomic E-state index is 12.0. The Labute approximate surface area is 123 Å². The highest BCUT2D eigenvalue weighted by Crippen LogP contribution is 2.23. The molecule has 1 N–H and O–H groups in total. The Hall–Kier alpha value is -2.87. The monoisotopic (exact) mass is 281 g/mol. The minimum Gasteiger partial charge on any atom is -0.467 e. The van der Waals surface area contributed by atoms with Gasteiger partial charge in [0.25, 0.3) is 0 Å². The molecule has 1 unspecified atom stereocenters. The summed E-state index contributed by atoms with van der Waals surface area (Å²) in [4.78, 5) is 16.2. The van der Waals surface area contributed by atoms with Gasteiger partial charge >= 0.3 is 5.97 Å². The van der Waals surface area contributed by atoms with Crippen molar-refractivity contribution in [1.82, 2.24) is 4.98 Å². The van der Waals surface area contributed by atoms with Gasteiger partial charge in [0, 0.05) is 6.20 Å². The van der Waals surface area contributed by atoms with Crippen molar-refractivity contribution in [3.63, 3.8) is 0 Å². The fourth-order valence-electron chi connectivity index (χ4n) is 1.99. The molecule has 1 heterocycles. The maximum absolute atomic E-state index is 12.0. The molecule has 0 fully saturated rings. The number of ether oxygens (including phenoxy) is 1. The van der Waals surface area contributed by atoms with Crippen molar-refractivity contribution >= 4 is 11.8 Å². The third-order valence-electron chi connectivity index (χ3n) is 3.12. The zero-order valence-corrected chi connectivity index (χ0v) is 11.8. The van der Waals surface area contributed by atoms with E-state index in [0.717, 1.165) is 11.1 Å². The molecule has 5 nitrogen and oxygen atoms in total. The van der Waals surface area contributed by atoms with Crippen LogP contribution >= 0.6 is 0 Å². The highest BCUT2D eigenvalue weighted by atomic mass is 16.5. The molecule has 0 aliphatic carbocycles. The molecule has 1 aromatic carbocycles. The van der Waals surface area contributed by atoms with Gasteiger partial charge in [0.15, 0.2) is 6.04 Å². The Morgan fingerprint density at radius 2 is 2.05 bits per heavy atom. The Morgan fingerprint density at radius 3 is 2.67 bits per heavy atom. The first kappa shape index (κ1) is 14.5. The SMILES string of the molecule is COC(=O)C(Nc1nccc(C)c1C#N)c1ccccc1. The molecule has 0 aliphatic heterocycles. The van der Waals surface area contributed by atoms with Gasteiger partial charge in [0.05, 0.1) is 12.7 Å². The molecule has 1 atom stereocenters. The second kappa shape index (κ2) is 6.53. The number of anilines is 1. The van der Waals surface area contributed by atoms with Crippen LogP contribution in [-0.2, 0) is 9.53 Å². The minimum atomic E-state index is -0.711. The van der Waals surface area contributed by atoms with Gasteiger partial charge < -0.3 is 10.1 Å². The van der Waals surface area contributed by atoms with Gasteiger partial charge in [0.1, 0.15) is 11.9 Å². The Bertz CT molecular complexity index is 678. The second-order valence-corrected chi connectivity index (χ2v) is 4.47. The molecule has 21 heavy (non-hydrogen) atoms. The van der Waals surface area contributed by atoms with E-state index in [9.17, 15) is 10.1 Å². The number of nitrogens with zero attached hydrogens (tertiary/aromatic N) is 2. The first-order valence-corrected chi connectivity index (χ1v) is 6.42. The van der Waals surface area contributed by atoms with E-state index in [2.05, 4.69) is 16.4 Å². The number of aromatic nitrogens is 1. The van der Waals surface area contributed by atoms with Crippen LogP contribution < -0.4 is 5.32 Å². The zero-order valence-electron chi connectivity index (χ0n) is 11.8. The van der Waals surface area contributed by atoms with Crippen molar-refractivity contribution < 1.29 is 9.53 Å². The number of nitrogens with one attached hydrogen (secondary N) is 1. The van der Waals surface area contributed by atoms with Gasteiger partial charge in [-0.25, -0.2) is 9.78 Å². The van der Waals surface area contributed by atoms with Gasteiger partial charge in [-0.15, -0.1) is 0 Å². The van der Waals surface area contributed by atoms with E-state index in [1.165, 1.54) is 7.11 Å². The highest BCUT2D eigenvalue weighted by Gasteiger charge is 2.23. The standard InChI is InChI=1S/C16H15N3O2/c1-11-8-9-18-15(13(11)10-17)19-14(16(20)21-2)12-6-4-3-5-7-12/h3-9,14H,1-2H3,(H,18,19). The Kier molecular flexibility index (Phi) is 4.52. The van der Waals surface area contributed by atoms with Crippen LogP contribution in [0.3, 0.4) is 0 Å². The fourth-order valence-corrected chi connectivity index (χ4v) is 1.99. The molecular formula is C16H15N3O2. The van der Waals surface area contributed by atoms with Crippen molar-refractivity contribution in [2.45, 2.75) is 13.0 Å². The molecule has 106 valence electrons. The smallest absolute Gasteiger partial charge is 0.333 e. The quantitative estimate of drug-likeness (QED) is 0.872. The topological polar surface area (TPSA) is 75.0 Å². The normalized spacial score (nSPS) is 11.3. The minimum absolute atomic E-state index is 0.372. The van der Waals surface area contributed by atoms with E-state index < -0.39 is 12.0 Å². The molecule has 0 spiro atoms. The van der Waals surface area contributed by atoms with Gasteiger partial charge in [-0.1, -0.05) is 30.3 Å². The van der Waals surface area contributed by atoms with E-state index >= 15 is 0 Å². The number of methoxy groups -OCH3 is 1. The van der Waals surface area contributed by atoms with Crippen LogP contribution in [0.1, 0.15) is 22.7 Å². The molecule has 2 aromatic rings. The Balaban J connectivity index is 2.40. The van der Waals surface area contributed by atoms with E-state index in [1.807, 2.05) is 37.3 Å². The van der Waals surface area contributed by atoms with Crippen LogP contribution in [0, 0.1) is 18.3 Å². The number of pyridine rings is 1. The van der Waals surface area contributed by atoms with Crippen LogP contribution in [-0.4, -0.2) is 18.1 Å². The first-order chi connectivity index (χ1) is 10.2. The summed E-state index contributed by atoms with van der Waals surface area (Å²) in [6.45, 7) is 1.82. The molecular weight excluding hydrogens is 266 g/mol. The summed E-state index contributed by atoms with van der Waals surface area (Å²) in [5.41, 5.74) is 1.96. The summed E-state index contributed by atoms with van der Waals surface area (Å²) in [7, 11) is 1.33. The molecule has 0 amide bonds. The fraction of sp³-hybridized carbons (Fsp3) is 0.188. The number of hydrogen-bond acceptors (Lipinski definition) is 5. The predicted molar refractivity (Wildman–Crippen MR) is 78.5 cm³/mol. The van der Waals surface area contributed by atoms with Crippen LogP contribution in [0.15, 0.2) is 42.6 Å². The number of esters is 1. The van der Waals surface area contributed by atoms with Gasteiger partial charge in [-0.3, -0.25) is 0 Å². The Morgan fingerprint density at radius 1 is 1.33 bits per heavy atom. The molecule has 5 heteroatoms. The van der Waals surface area contributed by atoms with Gasteiger partial charge in [0.2, 0.25) is 0 Å². The number of carbonyl (C=O) groups excluding carboxylic acids is 1. The summed E-state index contributed by atoms with van der Waals surface area (Å²) in [6.07, 6.45) is 1.60. The summed E-state index contributed by atoms with van der Waals surface area (Å²) in [5, 5.41) is 12.2. The number of benzene rings is 1. The van der Waals surface area contributed by atoms with Crippen LogP contribution in [0.5, 0.6) is 0 Å². The van der Waals surface area contributed by atoms with Gasteiger partial charge in [-0.2, -0.15) is 5.26 Å². The molecule has 0 bridgehead atoms. The van der Waals surface area contributed by atoms with E-state index in [1.54, 1.807) is 12.3 Å². The van der Waals surface area contributed by atoms with Crippen LogP contribution in [0.25, 0.3) is 0 Å². The summed E-state index contributed by atoms with van der Waals surface area (Å²) in [6, 6.07) is 12.3. The summed E-state index contributed by atoms with van der Waals surface area (Å²) >= 11 is 0. The van der Waals surface area contributed by atoms with E-state index in [4.69, 9.17) is 4.74 Å². The number of nitriles is 1. The molecule has 0 radical (unpaired) electrons. The third-order valence-corrected chi connectivity index (χ3v) is 3.12. The van der Waals surface area contributed by atoms with Crippen molar-refractivity contribution in [1.29, 1.82) is 5.26 Å². The number of rotatable bonds is 4. The van der Waals surface area contributed by atoms with Crippen molar-refractivity contribution in [3.8, 4) is 6.07 Å². The third kappa shape index (κ3) is 3.18. The first-order valence-electron chi connectivity index (χ1n) is 6.42. The predicted octanol–water partition coefficient (Wildman–Crippen LogP) is 2.59. The van der Waals surface area contributed by atoms with Gasteiger partial charge in [-0.05, 0) is 24.1 Å². The number of aryl methyl sites for hydroxylation is 1.